The van der Waals surface area contributed by atoms with Gasteiger partial charge in [-0.1, -0.05) is 38.1 Å². The Hall–Kier alpha value is -2.36. The molecule has 1 N–H and O–H groups in total. The number of likely N-dealkylation sites (N-methyl/N-ethyl adjacent to an activating group) is 1. The van der Waals surface area contributed by atoms with E-state index in [0.29, 0.717) is 18.4 Å². The molecular formula is C37H54Cl3FN4O3. The molecule has 4 atom stereocenters. The van der Waals surface area contributed by atoms with Crippen LogP contribution in [-0.2, 0) is 17.8 Å². The number of aromatic nitrogens is 2. The zero-order valence-corrected chi connectivity index (χ0v) is 31.3. The van der Waals surface area contributed by atoms with Crippen LogP contribution in [-0.4, -0.2) is 76.0 Å². The van der Waals surface area contributed by atoms with Gasteiger partial charge in [0.1, 0.15) is 17.6 Å². The number of aliphatic carboxylic acids is 1. The normalized spacial score (nSPS) is 20.5. The van der Waals surface area contributed by atoms with Crippen LogP contribution in [0.2, 0.25) is 0 Å². The summed E-state index contributed by atoms with van der Waals surface area (Å²) in [7, 11) is 1.96. The average Bonchev–Trinajstić information content (AvgIpc) is 3.62. The van der Waals surface area contributed by atoms with Crippen molar-refractivity contribution in [1.29, 1.82) is 0 Å². The van der Waals surface area contributed by atoms with Crippen molar-refractivity contribution < 1.29 is 19.0 Å². The van der Waals surface area contributed by atoms with Gasteiger partial charge in [0.05, 0.1) is 12.3 Å². The van der Waals surface area contributed by atoms with Crippen LogP contribution < -0.4 is 4.74 Å². The zero-order chi connectivity index (χ0) is 32.1. The predicted octanol–water partition coefficient (Wildman–Crippen LogP) is 8.08. The first-order valence-corrected chi connectivity index (χ1v) is 16.9. The smallest absolute Gasteiger partial charge is 0.321 e. The van der Waals surface area contributed by atoms with Crippen LogP contribution in [0.1, 0.15) is 87.7 Å². The van der Waals surface area contributed by atoms with E-state index < -0.39 is 12.0 Å². The van der Waals surface area contributed by atoms with Crippen molar-refractivity contribution in [2.75, 3.05) is 33.3 Å². The molecule has 1 aliphatic heterocycles. The van der Waals surface area contributed by atoms with Gasteiger partial charge in [0, 0.05) is 37.2 Å². The van der Waals surface area contributed by atoms with Crippen molar-refractivity contribution in [2.45, 2.75) is 90.3 Å². The van der Waals surface area contributed by atoms with E-state index in [2.05, 4.69) is 39.6 Å². The molecule has 0 bridgehead atoms. The summed E-state index contributed by atoms with van der Waals surface area (Å²) < 4.78 is 22.2. The summed E-state index contributed by atoms with van der Waals surface area (Å²) >= 11 is 0. The largest absolute Gasteiger partial charge is 0.494 e. The van der Waals surface area contributed by atoms with E-state index >= 15 is 0 Å². The van der Waals surface area contributed by atoms with Crippen LogP contribution in [0.3, 0.4) is 0 Å². The number of nitrogens with zero attached hydrogens (tertiary/aromatic N) is 4. The molecule has 268 valence electrons. The van der Waals surface area contributed by atoms with Gasteiger partial charge in [-0.25, -0.2) is 4.39 Å². The Morgan fingerprint density at radius 3 is 2.38 bits per heavy atom. The summed E-state index contributed by atoms with van der Waals surface area (Å²) in [4.78, 5) is 16.8. The number of carboxylic acid groups (broad SMARTS) is 1. The Kier molecular flexibility index (Phi) is 16.7. The molecule has 3 aromatic rings. The Bertz CT molecular complexity index is 1430. The van der Waals surface area contributed by atoms with E-state index in [0.717, 1.165) is 75.3 Å². The minimum Gasteiger partial charge on any atom is -0.494 e. The lowest BCUT2D eigenvalue weighted by atomic mass is 9.87. The SMILES string of the molecule is CCOc1cccc(Cc2cc(C3CCN(CC4CC(N(C)[C@@H](C(=O)O)C(C)C)CC4c4cccc(F)c4)CC3)n(CC)n2)c1.Cl.Cl.Cl. The van der Waals surface area contributed by atoms with Gasteiger partial charge in [-0.05, 0) is 119 Å². The number of piperidine rings is 1. The number of rotatable bonds is 13. The van der Waals surface area contributed by atoms with E-state index in [-0.39, 0.29) is 60.9 Å². The number of carbonyl (C=O) groups is 1. The summed E-state index contributed by atoms with van der Waals surface area (Å²) in [5.41, 5.74) is 4.68. The predicted molar refractivity (Wildman–Crippen MR) is 198 cm³/mol. The fourth-order valence-electron chi connectivity index (χ4n) is 7.95. The Morgan fingerprint density at radius 1 is 1.04 bits per heavy atom. The fourth-order valence-corrected chi connectivity index (χ4v) is 7.95. The maximum atomic E-state index is 14.3. The molecule has 11 heteroatoms. The lowest BCUT2D eigenvalue weighted by Gasteiger charge is -2.35. The summed E-state index contributed by atoms with van der Waals surface area (Å²) in [6, 6.07) is 17.3. The second-order valence-electron chi connectivity index (χ2n) is 13.4. The minimum atomic E-state index is -0.770. The number of aryl methyl sites for hydroxylation is 1. The quantitative estimate of drug-likeness (QED) is 0.192. The molecule has 5 rings (SSSR count). The lowest BCUT2D eigenvalue weighted by Crippen LogP contribution is -2.47. The summed E-state index contributed by atoms with van der Waals surface area (Å²) in [5, 5.41) is 14.9. The molecule has 1 saturated carbocycles. The van der Waals surface area contributed by atoms with E-state index in [9.17, 15) is 14.3 Å². The highest BCUT2D eigenvalue weighted by Crippen LogP contribution is 2.43. The minimum absolute atomic E-state index is 0. The Balaban J connectivity index is 0.00000267. The molecule has 0 amide bonds. The van der Waals surface area contributed by atoms with Crippen LogP contribution in [0.5, 0.6) is 5.75 Å². The first-order valence-electron chi connectivity index (χ1n) is 16.9. The number of benzene rings is 2. The molecular weight excluding hydrogens is 674 g/mol. The molecule has 0 spiro atoms. The van der Waals surface area contributed by atoms with Crippen molar-refractivity contribution in [3.05, 3.63) is 82.9 Å². The van der Waals surface area contributed by atoms with Gasteiger partial charge in [-0.3, -0.25) is 14.4 Å². The van der Waals surface area contributed by atoms with Crippen molar-refractivity contribution in [1.82, 2.24) is 19.6 Å². The van der Waals surface area contributed by atoms with Gasteiger partial charge in [0.15, 0.2) is 0 Å². The molecule has 7 nitrogen and oxygen atoms in total. The number of ether oxygens (including phenoxy) is 1. The van der Waals surface area contributed by atoms with Crippen LogP contribution in [0.4, 0.5) is 4.39 Å². The van der Waals surface area contributed by atoms with Crippen molar-refractivity contribution in [3.8, 4) is 5.75 Å². The summed E-state index contributed by atoms with van der Waals surface area (Å²) in [6.07, 6.45) is 4.73. The Morgan fingerprint density at radius 2 is 1.75 bits per heavy atom. The highest BCUT2D eigenvalue weighted by atomic mass is 35.5. The molecule has 2 aromatic carbocycles. The van der Waals surface area contributed by atoms with Gasteiger partial charge in [-0.15, -0.1) is 37.2 Å². The van der Waals surface area contributed by atoms with Crippen molar-refractivity contribution in [3.63, 3.8) is 0 Å². The first kappa shape index (κ1) is 41.8. The number of hydrogen-bond donors (Lipinski definition) is 1. The lowest BCUT2D eigenvalue weighted by molar-refractivity contribution is -0.145. The fraction of sp³-hybridized carbons (Fsp3) is 0.568. The van der Waals surface area contributed by atoms with Crippen LogP contribution in [0, 0.1) is 17.7 Å². The monoisotopic (exact) mass is 726 g/mol. The van der Waals surface area contributed by atoms with Gasteiger partial charge >= 0.3 is 5.97 Å². The second-order valence-corrected chi connectivity index (χ2v) is 13.4. The number of halogens is 4. The Labute approximate surface area is 304 Å². The third-order valence-corrected chi connectivity index (χ3v) is 10.1. The standard InChI is InChI=1S/C37H51FN4O3.3ClH/c1-6-42-35(22-31(39-42)18-26-10-8-13-33(19-26)45-7-2)27-14-16-41(17-15-27)24-29-21-32(40(5)36(25(3)4)37(43)44)23-34(29)28-11-9-12-30(38)20-28;;;/h8-13,19-20,22,25,27,29,32,34,36H,6-7,14-18,21,23-24H2,1-5H3,(H,43,44);3*1H/t29?,32?,34?,36-;;;/m1.../s1. The molecule has 0 radical (unpaired) electrons. The molecule has 1 saturated heterocycles. The molecule has 1 aliphatic carbocycles. The molecule has 1 aromatic heterocycles. The zero-order valence-electron chi connectivity index (χ0n) is 28.9. The van der Waals surface area contributed by atoms with Crippen LogP contribution in [0.15, 0.2) is 54.6 Å². The molecule has 2 aliphatic rings. The van der Waals surface area contributed by atoms with Gasteiger partial charge in [0.25, 0.3) is 0 Å². The van der Waals surface area contributed by atoms with E-state index in [1.54, 1.807) is 12.1 Å². The summed E-state index contributed by atoms with van der Waals surface area (Å²) in [5.74, 6) is 0.961. The maximum absolute atomic E-state index is 14.3. The van der Waals surface area contributed by atoms with Gasteiger partial charge in [-0.2, -0.15) is 5.10 Å². The van der Waals surface area contributed by atoms with Gasteiger partial charge in [0.2, 0.25) is 0 Å². The van der Waals surface area contributed by atoms with Crippen molar-refractivity contribution >= 4 is 43.2 Å². The topological polar surface area (TPSA) is 70.8 Å². The van der Waals surface area contributed by atoms with Gasteiger partial charge < -0.3 is 14.7 Å². The number of hydrogen-bond acceptors (Lipinski definition) is 5. The second kappa shape index (κ2) is 19.1. The maximum Gasteiger partial charge on any atom is 0.321 e. The number of carboxylic acids is 1. The highest BCUT2D eigenvalue weighted by molar-refractivity contribution is 5.86. The average molecular weight is 728 g/mol. The first-order chi connectivity index (χ1) is 21.7. The van der Waals surface area contributed by atoms with E-state index in [1.165, 1.54) is 17.3 Å². The molecule has 3 unspecified atom stereocenters. The number of likely N-dealkylation sites (tertiary alicyclic amines) is 1. The van der Waals surface area contributed by atoms with Crippen LogP contribution >= 0.6 is 37.2 Å². The molecule has 2 fully saturated rings. The van der Waals surface area contributed by atoms with Crippen molar-refractivity contribution in [2.24, 2.45) is 11.8 Å². The van der Waals surface area contributed by atoms with Crippen LogP contribution in [0.25, 0.3) is 0 Å². The third-order valence-electron chi connectivity index (χ3n) is 10.1. The van der Waals surface area contributed by atoms with E-state index in [4.69, 9.17) is 9.84 Å². The summed E-state index contributed by atoms with van der Waals surface area (Å²) in [6.45, 7) is 12.6. The molecule has 2 heterocycles. The molecule has 48 heavy (non-hydrogen) atoms. The third kappa shape index (κ3) is 10.1. The van der Waals surface area contributed by atoms with E-state index in [1.807, 2.05) is 46.0 Å². The highest BCUT2D eigenvalue weighted by Gasteiger charge is 2.42.